The van der Waals surface area contributed by atoms with Gasteiger partial charge in [0.15, 0.2) is 5.96 Å². The standard InChI is InChI=1S/C17H20FN3/c1-2-13-5-9-16(10-6-13)21-17(19)20-12-11-14-3-7-15(18)8-4-14/h3-10H,2,11-12H2,1H3,(H3,19,20,21). The highest BCUT2D eigenvalue weighted by atomic mass is 19.1. The first-order valence-corrected chi connectivity index (χ1v) is 7.07. The van der Waals surface area contributed by atoms with Crippen LogP contribution in [0.15, 0.2) is 53.5 Å². The van der Waals surface area contributed by atoms with Gasteiger partial charge >= 0.3 is 0 Å². The Morgan fingerprint density at radius 2 is 1.67 bits per heavy atom. The molecule has 0 unspecified atom stereocenters. The Kier molecular flexibility index (Phi) is 5.32. The maximum atomic E-state index is 12.8. The molecule has 0 bridgehead atoms. The molecule has 0 aliphatic rings. The maximum absolute atomic E-state index is 12.8. The predicted molar refractivity (Wildman–Crippen MR) is 86.0 cm³/mol. The average Bonchev–Trinajstić information content (AvgIpc) is 2.50. The van der Waals surface area contributed by atoms with Gasteiger partial charge in [-0.3, -0.25) is 4.99 Å². The lowest BCUT2D eigenvalue weighted by Gasteiger charge is -2.06. The zero-order valence-electron chi connectivity index (χ0n) is 12.1. The van der Waals surface area contributed by atoms with Gasteiger partial charge in [0, 0.05) is 12.2 Å². The lowest BCUT2D eigenvalue weighted by Crippen LogP contribution is -2.23. The quantitative estimate of drug-likeness (QED) is 0.654. The normalized spacial score (nSPS) is 11.4. The van der Waals surface area contributed by atoms with Gasteiger partial charge in [0.1, 0.15) is 5.82 Å². The predicted octanol–water partition coefficient (Wildman–Crippen LogP) is 3.36. The molecule has 0 heterocycles. The maximum Gasteiger partial charge on any atom is 0.193 e. The Bertz CT molecular complexity index is 588. The number of hydrogen-bond donors (Lipinski definition) is 2. The summed E-state index contributed by atoms with van der Waals surface area (Å²) in [7, 11) is 0. The van der Waals surface area contributed by atoms with E-state index in [1.54, 1.807) is 12.1 Å². The molecule has 4 heteroatoms. The number of nitrogens with two attached hydrogens (primary N) is 1. The molecule has 3 nitrogen and oxygen atoms in total. The Balaban J connectivity index is 1.84. The summed E-state index contributed by atoms with van der Waals surface area (Å²) in [5, 5.41) is 3.06. The van der Waals surface area contributed by atoms with E-state index in [-0.39, 0.29) is 5.82 Å². The molecule has 0 atom stereocenters. The Hall–Kier alpha value is -2.36. The van der Waals surface area contributed by atoms with Gasteiger partial charge in [-0.25, -0.2) is 4.39 Å². The first kappa shape index (κ1) is 15.0. The van der Waals surface area contributed by atoms with Gasteiger partial charge in [0.25, 0.3) is 0 Å². The third-order valence-corrected chi connectivity index (χ3v) is 3.23. The summed E-state index contributed by atoms with van der Waals surface area (Å²) >= 11 is 0. The number of aliphatic imine (C=N–C) groups is 1. The number of anilines is 1. The number of aryl methyl sites for hydroxylation is 1. The van der Waals surface area contributed by atoms with Crippen LogP contribution < -0.4 is 11.1 Å². The van der Waals surface area contributed by atoms with E-state index in [4.69, 9.17) is 5.73 Å². The van der Waals surface area contributed by atoms with Crippen molar-refractivity contribution < 1.29 is 4.39 Å². The smallest absolute Gasteiger partial charge is 0.193 e. The van der Waals surface area contributed by atoms with Crippen molar-refractivity contribution in [3.05, 3.63) is 65.5 Å². The molecule has 0 aliphatic heterocycles. The summed E-state index contributed by atoms with van der Waals surface area (Å²) in [5.74, 6) is 0.167. The number of hydrogen-bond acceptors (Lipinski definition) is 1. The molecule has 0 amide bonds. The van der Waals surface area contributed by atoms with Crippen LogP contribution in [0.2, 0.25) is 0 Å². The molecule has 21 heavy (non-hydrogen) atoms. The van der Waals surface area contributed by atoms with Crippen molar-refractivity contribution in [3.63, 3.8) is 0 Å². The molecular formula is C17H20FN3. The van der Waals surface area contributed by atoms with Crippen molar-refractivity contribution in [1.82, 2.24) is 0 Å². The monoisotopic (exact) mass is 285 g/mol. The highest BCUT2D eigenvalue weighted by molar-refractivity contribution is 5.92. The summed E-state index contributed by atoms with van der Waals surface area (Å²) in [4.78, 5) is 4.27. The van der Waals surface area contributed by atoms with Crippen LogP contribution >= 0.6 is 0 Å². The van der Waals surface area contributed by atoms with Crippen molar-refractivity contribution in [2.24, 2.45) is 10.7 Å². The topological polar surface area (TPSA) is 50.4 Å². The van der Waals surface area contributed by atoms with E-state index in [0.29, 0.717) is 12.5 Å². The molecule has 0 aliphatic carbocycles. The lowest BCUT2D eigenvalue weighted by atomic mass is 10.1. The fraction of sp³-hybridized carbons (Fsp3) is 0.235. The van der Waals surface area contributed by atoms with Crippen LogP contribution in [0.1, 0.15) is 18.1 Å². The second-order valence-electron chi connectivity index (χ2n) is 4.82. The molecule has 3 N–H and O–H groups in total. The van der Waals surface area contributed by atoms with Crippen LogP contribution in [0.25, 0.3) is 0 Å². The average molecular weight is 285 g/mol. The first-order valence-electron chi connectivity index (χ1n) is 7.07. The van der Waals surface area contributed by atoms with Crippen molar-refractivity contribution in [1.29, 1.82) is 0 Å². The second kappa shape index (κ2) is 7.43. The molecule has 0 saturated heterocycles. The molecule has 2 aromatic rings. The van der Waals surface area contributed by atoms with E-state index < -0.39 is 0 Å². The Morgan fingerprint density at radius 1 is 1.05 bits per heavy atom. The van der Waals surface area contributed by atoms with E-state index in [1.807, 2.05) is 12.1 Å². The van der Waals surface area contributed by atoms with E-state index in [1.165, 1.54) is 17.7 Å². The van der Waals surface area contributed by atoms with Crippen LogP contribution in [0.5, 0.6) is 0 Å². The molecule has 0 fully saturated rings. The van der Waals surface area contributed by atoms with E-state index in [2.05, 4.69) is 29.4 Å². The molecule has 2 aromatic carbocycles. The lowest BCUT2D eigenvalue weighted by molar-refractivity contribution is 0.627. The highest BCUT2D eigenvalue weighted by Gasteiger charge is 1.97. The van der Waals surface area contributed by atoms with Crippen LogP contribution in [-0.2, 0) is 12.8 Å². The van der Waals surface area contributed by atoms with Crippen LogP contribution in [0, 0.1) is 5.82 Å². The number of nitrogens with one attached hydrogen (secondary N) is 1. The first-order chi connectivity index (χ1) is 10.2. The van der Waals surface area contributed by atoms with Crippen LogP contribution in [0.3, 0.4) is 0 Å². The van der Waals surface area contributed by atoms with Crippen LogP contribution in [0.4, 0.5) is 10.1 Å². The second-order valence-corrected chi connectivity index (χ2v) is 4.82. The zero-order chi connectivity index (χ0) is 15.1. The van der Waals surface area contributed by atoms with Crippen molar-refractivity contribution in [3.8, 4) is 0 Å². The Labute approximate surface area is 124 Å². The van der Waals surface area contributed by atoms with Gasteiger partial charge in [0.05, 0.1) is 0 Å². The molecule has 110 valence electrons. The van der Waals surface area contributed by atoms with Crippen molar-refractivity contribution in [2.75, 3.05) is 11.9 Å². The van der Waals surface area contributed by atoms with Crippen molar-refractivity contribution in [2.45, 2.75) is 19.8 Å². The van der Waals surface area contributed by atoms with Crippen molar-refractivity contribution >= 4 is 11.6 Å². The number of rotatable bonds is 5. The van der Waals surface area contributed by atoms with Crippen LogP contribution in [-0.4, -0.2) is 12.5 Å². The summed E-state index contributed by atoms with van der Waals surface area (Å²) in [6.45, 7) is 2.69. The van der Waals surface area contributed by atoms with E-state index in [0.717, 1.165) is 24.1 Å². The molecule has 0 aromatic heterocycles. The number of nitrogens with zero attached hydrogens (tertiary/aromatic N) is 1. The zero-order valence-corrected chi connectivity index (χ0v) is 12.1. The third-order valence-electron chi connectivity index (χ3n) is 3.23. The minimum atomic E-state index is -0.223. The summed E-state index contributed by atoms with van der Waals surface area (Å²) in [6.07, 6.45) is 1.75. The molecule has 0 saturated carbocycles. The SMILES string of the molecule is CCc1ccc(NC(N)=NCCc2ccc(F)cc2)cc1. The van der Waals surface area contributed by atoms with Gasteiger partial charge in [-0.05, 0) is 48.2 Å². The Morgan fingerprint density at radius 3 is 2.29 bits per heavy atom. The number of guanidine groups is 1. The van der Waals surface area contributed by atoms with Gasteiger partial charge < -0.3 is 11.1 Å². The van der Waals surface area contributed by atoms with Gasteiger partial charge in [-0.1, -0.05) is 31.2 Å². The molecule has 2 rings (SSSR count). The largest absolute Gasteiger partial charge is 0.370 e. The van der Waals surface area contributed by atoms with Gasteiger partial charge in [0.2, 0.25) is 0 Å². The van der Waals surface area contributed by atoms with E-state index >= 15 is 0 Å². The fourth-order valence-electron chi connectivity index (χ4n) is 1.97. The summed E-state index contributed by atoms with van der Waals surface area (Å²) < 4.78 is 12.8. The fourth-order valence-corrected chi connectivity index (χ4v) is 1.97. The minimum absolute atomic E-state index is 0.223. The van der Waals surface area contributed by atoms with Gasteiger partial charge in [-0.2, -0.15) is 0 Å². The third kappa shape index (κ3) is 4.91. The van der Waals surface area contributed by atoms with E-state index in [9.17, 15) is 4.39 Å². The molecule has 0 spiro atoms. The summed E-state index contributed by atoms with van der Waals surface area (Å²) in [5.41, 5.74) is 9.10. The number of halogens is 1. The van der Waals surface area contributed by atoms with Gasteiger partial charge in [-0.15, -0.1) is 0 Å². The highest BCUT2D eigenvalue weighted by Crippen LogP contribution is 2.09. The molecule has 0 radical (unpaired) electrons. The molecular weight excluding hydrogens is 265 g/mol. The number of benzene rings is 2. The minimum Gasteiger partial charge on any atom is -0.370 e. The summed E-state index contributed by atoms with van der Waals surface area (Å²) in [6, 6.07) is 14.5.